The van der Waals surface area contributed by atoms with Crippen LogP contribution in [0.5, 0.6) is 11.5 Å². The number of ether oxygens (including phenoxy) is 3. The lowest BCUT2D eigenvalue weighted by atomic mass is 9.69. The second-order valence-corrected chi connectivity index (χ2v) is 7.09. The van der Waals surface area contributed by atoms with Crippen LogP contribution in [0.4, 0.5) is 0 Å². The number of nitrogens with one attached hydrogen (secondary N) is 1. The van der Waals surface area contributed by atoms with Crippen molar-refractivity contribution in [1.82, 2.24) is 5.32 Å². The molecular weight excluding hydrogens is 330 g/mol. The van der Waals surface area contributed by atoms with Crippen molar-refractivity contribution in [2.45, 2.75) is 50.9 Å². The fraction of sp³-hybridized carbons (Fsp3) is 0.650. The smallest absolute Gasteiger partial charge is 0.231 e. The van der Waals surface area contributed by atoms with Crippen LogP contribution in [-0.4, -0.2) is 39.1 Å². The molecule has 6 nitrogen and oxygen atoms in total. The van der Waals surface area contributed by atoms with Crippen molar-refractivity contribution in [1.29, 1.82) is 0 Å². The van der Waals surface area contributed by atoms with Gasteiger partial charge in [-0.25, -0.2) is 0 Å². The lowest BCUT2D eigenvalue weighted by molar-refractivity contribution is 0.145. The fourth-order valence-corrected chi connectivity index (χ4v) is 3.82. The standard InChI is InChI=1S/C20H31N3O3/c1-2-24-12-6-11-22-19(21)23-14-20(9-4-3-5-10-20)16-7-8-17-18(13-16)26-15-25-17/h7-8,13H,2-6,9-12,14-15H2,1H3,(H3,21,22,23). The summed E-state index contributed by atoms with van der Waals surface area (Å²) in [5.74, 6) is 2.20. The molecule has 1 aromatic rings. The number of guanidine groups is 1. The Morgan fingerprint density at radius 2 is 2.04 bits per heavy atom. The van der Waals surface area contributed by atoms with E-state index in [2.05, 4.69) is 22.4 Å². The topological polar surface area (TPSA) is 78.1 Å². The van der Waals surface area contributed by atoms with E-state index in [0.717, 1.165) is 50.5 Å². The summed E-state index contributed by atoms with van der Waals surface area (Å²) in [6, 6.07) is 6.32. The van der Waals surface area contributed by atoms with Gasteiger partial charge in [-0.05, 0) is 43.9 Å². The van der Waals surface area contributed by atoms with Crippen LogP contribution in [0.15, 0.2) is 23.2 Å². The highest BCUT2D eigenvalue weighted by Crippen LogP contribution is 2.43. The van der Waals surface area contributed by atoms with Gasteiger partial charge in [0.25, 0.3) is 0 Å². The summed E-state index contributed by atoms with van der Waals surface area (Å²) in [4.78, 5) is 4.68. The molecule has 26 heavy (non-hydrogen) atoms. The third-order valence-electron chi connectivity index (χ3n) is 5.32. The van der Waals surface area contributed by atoms with Crippen LogP contribution in [0.3, 0.4) is 0 Å². The van der Waals surface area contributed by atoms with Gasteiger partial charge in [-0.1, -0.05) is 25.3 Å². The number of nitrogens with zero attached hydrogens (tertiary/aromatic N) is 1. The molecule has 1 heterocycles. The Hall–Kier alpha value is -1.95. The molecule has 1 aromatic carbocycles. The van der Waals surface area contributed by atoms with Crippen LogP contribution < -0.4 is 20.5 Å². The van der Waals surface area contributed by atoms with E-state index in [1.165, 1.54) is 24.8 Å². The van der Waals surface area contributed by atoms with E-state index in [1.54, 1.807) is 0 Å². The maximum atomic E-state index is 6.09. The van der Waals surface area contributed by atoms with E-state index < -0.39 is 0 Å². The Kier molecular flexibility index (Phi) is 6.61. The van der Waals surface area contributed by atoms with Crippen LogP contribution in [0, 0.1) is 0 Å². The quantitative estimate of drug-likeness (QED) is 0.423. The van der Waals surface area contributed by atoms with Gasteiger partial charge >= 0.3 is 0 Å². The first-order chi connectivity index (χ1) is 12.7. The molecule has 0 radical (unpaired) electrons. The summed E-state index contributed by atoms with van der Waals surface area (Å²) in [6.07, 6.45) is 6.94. The molecule has 0 atom stereocenters. The summed E-state index contributed by atoms with van der Waals surface area (Å²) in [5.41, 5.74) is 7.41. The van der Waals surface area contributed by atoms with Crippen LogP contribution in [0.25, 0.3) is 0 Å². The highest BCUT2D eigenvalue weighted by Gasteiger charge is 2.35. The molecule has 6 heteroatoms. The Balaban J connectivity index is 1.65. The Labute approximate surface area is 156 Å². The zero-order valence-electron chi connectivity index (χ0n) is 15.8. The van der Waals surface area contributed by atoms with E-state index in [1.807, 2.05) is 13.0 Å². The monoisotopic (exact) mass is 361 g/mol. The van der Waals surface area contributed by atoms with Crippen molar-refractivity contribution in [2.24, 2.45) is 10.7 Å². The molecule has 0 amide bonds. The van der Waals surface area contributed by atoms with Gasteiger partial charge in [0.15, 0.2) is 17.5 Å². The predicted octanol–water partition coefficient (Wildman–Crippen LogP) is 2.95. The maximum Gasteiger partial charge on any atom is 0.231 e. The van der Waals surface area contributed by atoms with Gasteiger partial charge in [0, 0.05) is 25.2 Å². The number of benzene rings is 1. The van der Waals surface area contributed by atoms with Gasteiger partial charge in [0.05, 0.1) is 6.54 Å². The number of nitrogens with two attached hydrogens (primary N) is 1. The Bertz CT molecular complexity index is 612. The molecule has 3 rings (SSSR count). The van der Waals surface area contributed by atoms with Crippen molar-refractivity contribution in [2.75, 3.05) is 33.1 Å². The average molecular weight is 361 g/mol. The highest BCUT2D eigenvalue weighted by molar-refractivity contribution is 5.77. The molecule has 0 unspecified atom stereocenters. The first-order valence-electron chi connectivity index (χ1n) is 9.75. The van der Waals surface area contributed by atoms with E-state index in [0.29, 0.717) is 19.3 Å². The number of fused-ring (bicyclic) bond motifs is 1. The fourth-order valence-electron chi connectivity index (χ4n) is 3.82. The van der Waals surface area contributed by atoms with Crippen LogP contribution >= 0.6 is 0 Å². The Morgan fingerprint density at radius 3 is 2.85 bits per heavy atom. The molecule has 0 spiro atoms. The van der Waals surface area contributed by atoms with E-state index >= 15 is 0 Å². The molecule has 3 N–H and O–H groups in total. The van der Waals surface area contributed by atoms with E-state index in [-0.39, 0.29) is 5.41 Å². The van der Waals surface area contributed by atoms with E-state index in [4.69, 9.17) is 19.9 Å². The number of hydrogen-bond acceptors (Lipinski definition) is 4. The van der Waals surface area contributed by atoms with Crippen molar-refractivity contribution in [3.05, 3.63) is 23.8 Å². The van der Waals surface area contributed by atoms with Crippen LogP contribution in [0.1, 0.15) is 51.0 Å². The largest absolute Gasteiger partial charge is 0.454 e. The summed E-state index contributed by atoms with van der Waals surface area (Å²) < 4.78 is 16.4. The molecule has 1 saturated carbocycles. The predicted molar refractivity (Wildman–Crippen MR) is 103 cm³/mol. The summed E-state index contributed by atoms with van der Waals surface area (Å²) in [7, 11) is 0. The molecular formula is C20H31N3O3. The van der Waals surface area contributed by atoms with Crippen molar-refractivity contribution in [3.63, 3.8) is 0 Å². The first kappa shape index (κ1) is 18.8. The minimum Gasteiger partial charge on any atom is -0.454 e. The van der Waals surface area contributed by atoms with Crippen molar-refractivity contribution < 1.29 is 14.2 Å². The van der Waals surface area contributed by atoms with Gasteiger partial charge in [-0.2, -0.15) is 0 Å². The molecule has 0 aromatic heterocycles. The van der Waals surface area contributed by atoms with Gasteiger partial charge in [0.2, 0.25) is 6.79 Å². The molecule has 2 aliphatic rings. The van der Waals surface area contributed by atoms with Crippen molar-refractivity contribution >= 4 is 5.96 Å². The highest BCUT2D eigenvalue weighted by atomic mass is 16.7. The van der Waals surface area contributed by atoms with Gasteiger partial charge in [-0.15, -0.1) is 0 Å². The molecule has 144 valence electrons. The SMILES string of the molecule is CCOCCCNC(N)=NCC1(c2ccc3c(c2)OCO3)CCCCC1. The summed E-state index contributed by atoms with van der Waals surface area (Å²) >= 11 is 0. The summed E-state index contributed by atoms with van der Waals surface area (Å²) in [6.45, 7) is 5.30. The van der Waals surface area contributed by atoms with Crippen molar-refractivity contribution in [3.8, 4) is 11.5 Å². The molecule has 1 fully saturated rings. The number of hydrogen-bond donors (Lipinski definition) is 2. The second kappa shape index (κ2) is 9.12. The molecule has 1 aliphatic heterocycles. The van der Waals surface area contributed by atoms with Crippen LogP contribution in [0.2, 0.25) is 0 Å². The third kappa shape index (κ3) is 4.61. The average Bonchev–Trinajstić information content (AvgIpc) is 3.15. The molecule has 0 saturated heterocycles. The third-order valence-corrected chi connectivity index (χ3v) is 5.32. The van der Waals surface area contributed by atoms with Gasteiger partial charge < -0.3 is 25.3 Å². The molecule has 0 bridgehead atoms. The zero-order valence-corrected chi connectivity index (χ0v) is 15.8. The Morgan fingerprint density at radius 1 is 1.23 bits per heavy atom. The van der Waals surface area contributed by atoms with Crippen LogP contribution in [-0.2, 0) is 10.2 Å². The van der Waals surface area contributed by atoms with Gasteiger partial charge in [-0.3, -0.25) is 4.99 Å². The first-order valence-corrected chi connectivity index (χ1v) is 9.75. The van der Waals surface area contributed by atoms with Gasteiger partial charge in [0.1, 0.15) is 0 Å². The lowest BCUT2D eigenvalue weighted by Gasteiger charge is -2.36. The van der Waals surface area contributed by atoms with E-state index in [9.17, 15) is 0 Å². The molecule has 1 aliphatic carbocycles. The summed E-state index contributed by atoms with van der Waals surface area (Å²) in [5, 5.41) is 3.19. The minimum atomic E-state index is 0.0385. The zero-order chi connectivity index (χ0) is 18.2. The maximum absolute atomic E-state index is 6.09. The lowest BCUT2D eigenvalue weighted by Crippen LogP contribution is -2.37. The number of aliphatic imine (C=N–C) groups is 1. The normalized spacial score (nSPS) is 18.7. The minimum absolute atomic E-state index is 0.0385. The number of rotatable bonds is 8. The second-order valence-electron chi connectivity index (χ2n) is 7.09.